The van der Waals surface area contributed by atoms with Crippen molar-refractivity contribution in [1.29, 1.82) is 0 Å². The van der Waals surface area contributed by atoms with Crippen LogP contribution in [0.3, 0.4) is 0 Å². The van der Waals surface area contributed by atoms with Crippen molar-refractivity contribution < 1.29 is 19.1 Å². The lowest BCUT2D eigenvalue weighted by Crippen LogP contribution is -2.51. The third-order valence-electron chi connectivity index (χ3n) is 5.70. The number of carbonyl (C=O) groups excluding carboxylic acids is 3. The summed E-state index contributed by atoms with van der Waals surface area (Å²) in [6, 6.07) is 0. The van der Waals surface area contributed by atoms with Gasteiger partial charge < -0.3 is 20.3 Å². The number of hydrogen-bond donors (Lipinski definition) is 2. The van der Waals surface area contributed by atoms with Crippen LogP contribution in [-0.2, 0) is 20.9 Å². The second kappa shape index (κ2) is 10.2. The number of anilines is 1. The molecule has 0 radical (unpaired) electrons. The summed E-state index contributed by atoms with van der Waals surface area (Å²) in [6.07, 6.45) is 4.73. The molecule has 9 nitrogen and oxygen atoms in total. The Kier molecular flexibility index (Phi) is 8.08. The quantitative estimate of drug-likeness (QED) is 0.685. The fourth-order valence-electron chi connectivity index (χ4n) is 3.51. The summed E-state index contributed by atoms with van der Waals surface area (Å²) in [5.41, 5.74) is -0.619. The Morgan fingerprint density at radius 1 is 1.16 bits per heavy atom. The summed E-state index contributed by atoms with van der Waals surface area (Å²) in [4.78, 5) is 39.6. The molecule has 2 rings (SSSR count). The van der Waals surface area contributed by atoms with Crippen LogP contribution in [0, 0.1) is 11.3 Å². The van der Waals surface area contributed by atoms with E-state index >= 15 is 0 Å². The van der Waals surface area contributed by atoms with E-state index in [2.05, 4.69) is 15.7 Å². The zero-order valence-corrected chi connectivity index (χ0v) is 19.7. The molecule has 1 saturated heterocycles. The van der Waals surface area contributed by atoms with Gasteiger partial charge in [0, 0.05) is 38.3 Å². The van der Waals surface area contributed by atoms with Crippen LogP contribution in [0.4, 0.5) is 10.5 Å². The Labute approximate surface area is 184 Å². The number of nitrogens with zero attached hydrogens (tertiary/aromatic N) is 3. The van der Waals surface area contributed by atoms with Gasteiger partial charge in [0.15, 0.2) is 0 Å². The third-order valence-corrected chi connectivity index (χ3v) is 5.70. The van der Waals surface area contributed by atoms with Crippen LogP contribution in [0.5, 0.6) is 0 Å². The minimum absolute atomic E-state index is 0.00543. The van der Waals surface area contributed by atoms with E-state index in [0.717, 1.165) is 6.54 Å². The van der Waals surface area contributed by atoms with Crippen molar-refractivity contribution in [2.45, 2.75) is 73.0 Å². The summed E-state index contributed by atoms with van der Waals surface area (Å²) >= 11 is 0. The first-order valence-electron chi connectivity index (χ1n) is 11.1. The normalized spacial score (nSPS) is 17.0. The average Bonchev–Trinajstić information content (AvgIpc) is 3.18. The first kappa shape index (κ1) is 24.7. The first-order chi connectivity index (χ1) is 14.5. The van der Waals surface area contributed by atoms with Crippen molar-refractivity contribution in [3.63, 3.8) is 0 Å². The Morgan fingerprint density at radius 2 is 1.81 bits per heavy atom. The topological polar surface area (TPSA) is 106 Å². The lowest BCUT2D eigenvalue weighted by Gasteiger charge is -2.38. The molecule has 2 N–H and O–H groups in total. The lowest BCUT2D eigenvalue weighted by molar-refractivity contribution is -0.143. The molecule has 31 heavy (non-hydrogen) atoms. The van der Waals surface area contributed by atoms with Crippen LogP contribution in [-0.4, -0.2) is 57.8 Å². The molecule has 2 heterocycles. The van der Waals surface area contributed by atoms with Gasteiger partial charge in [0.25, 0.3) is 0 Å². The Hall–Kier alpha value is -2.58. The molecule has 0 spiro atoms. The third kappa shape index (κ3) is 6.97. The van der Waals surface area contributed by atoms with E-state index in [1.165, 1.54) is 0 Å². The highest BCUT2D eigenvalue weighted by molar-refractivity contribution is 5.92. The van der Waals surface area contributed by atoms with Crippen molar-refractivity contribution in [3.05, 3.63) is 12.4 Å². The van der Waals surface area contributed by atoms with Gasteiger partial charge in [-0.3, -0.25) is 14.3 Å². The molecule has 0 bridgehead atoms. The Balaban J connectivity index is 1.87. The zero-order valence-electron chi connectivity index (χ0n) is 19.7. The fourth-order valence-corrected chi connectivity index (χ4v) is 3.51. The smallest absolute Gasteiger partial charge is 0.407 e. The zero-order chi connectivity index (χ0) is 23.2. The monoisotopic (exact) mass is 435 g/mol. The van der Waals surface area contributed by atoms with Crippen molar-refractivity contribution in [3.8, 4) is 0 Å². The van der Waals surface area contributed by atoms with Gasteiger partial charge in [0.1, 0.15) is 5.60 Å². The van der Waals surface area contributed by atoms with Gasteiger partial charge in [-0.25, -0.2) is 4.79 Å². The highest BCUT2D eigenvalue weighted by Crippen LogP contribution is 2.27. The first-order valence-corrected chi connectivity index (χ1v) is 11.1. The number of hydrogen-bond acceptors (Lipinski definition) is 5. The van der Waals surface area contributed by atoms with Crippen LogP contribution in [0.1, 0.15) is 60.8 Å². The van der Waals surface area contributed by atoms with Gasteiger partial charge in [-0.15, -0.1) is 0 Å². The number of likely N-dealkylation sites (tertiary alicyclic amines) is 1. The minimum atomic E-state index is -0.721. The van der Waals surface area contributed by atoms with E-state index in [9.17, 15) is 14.4 Å². The van der Waals surface area contributed by atoms with Crippen LogP contribution >= 0.6 is 0 Å². The molecule has 3 amide bonds. The number of aromatic nitrogens is 2. The molecular weight excluding hydrogens is 398 g/mol. The van der Waals surface area contributed by atoms with Crippen molar-refractivity contribution >= 4 is 23.6 Å². The maximum absolute atomic E-state index is 13.2. The number of ether oxygens (including phenoxy) is 1. The Morgan fingerprint density at radius 3 is 2.32 bits per heavy atom. The van der Waals surface area contributed by atoms with Crippen molar-refractivity contribution in [1.82, 2.24) is 20.0 Å². The van der Waals surface area contributed by atoms with Gasteiger partial charge in [-0.05, 0) is 53.9 Å². The predicted molar refractivity (Wildman–Crippen MR) is 118 cm³/mol. The van der Waals surface area contributed by atoms with E-state index in [1.807, 2.05) is 20.8 Å². The van der Waals surface area contributed by atoms with E-state index in [0.29, 0.717) is 38.0 Å². The molecule has 0 saturated carbocycles. The van der Waals surface area contributed by atoms with Crippen LogP contribution in [0.2, 0.25) is 0 Å². The number of carbonyl (C=O) groups is 3. The molecule has 174 valence electrons. The molecular formula is C22H37N5O4. The molecule has 0 aromatic carbocycles. The minimum Gasteiger partial charge on any atom is -0.444 e. The molecule has 1 aromatic heterocycles. The van der Waals surface area contributed by atoms with E-state index in [-0.39, 0.29) is 24.3 Å². The number of nitrogens with one attached hydrogen (secondary N) is 2. The second-order valence-electron chi connectivity index (χ2n) is 9.41. The van der Waals surface area contributed by atoms with Gasteiger partial charge in [0.05, 0.1) is 17.3 Å². The lowest BCUT2D eigenvalue weighted by atomic mass is 9.84. The average molecular weight is 436 g/mol. The molecule has 1 fully saturated rings. The molecule has 9 heteroatoms. The maximum Gasteiger partial charge on any atom is 0.407 e. The molecule has 1 aromatic rings. The summed E-state index contributed by atoms with van der Waals surface area (Å²) in [5, 5.41) is 9.81. The molecule has 1 aliphatic heterocycles. The predicted octanol–water partition coefficient (Wildman–Crippen LogP) is 3.02. The van der Waals surface area contributed by atoms with Crippen molar-refractivity contribution in [2.24, 2.45) is 11.3 Å². The summed E-state index contributed by atoms with van der Waals surface area (Å²) in [5.74, 6) is -0.177. The van der Waals surface area contributed by atoms with Crippen LogP contribution in [0.25, 0.3) is 0 Å². The number of amides is 3. The second-order valence-corrected chi connectivity index (χ2v) is 9.41. The van der Waals surface area contributed by atoms with E-state index < -0.39 is 17.1 Å². The Bertz CT molecular complexity index is 777. The van der Waals surface area contributed by atoms with Gasteiger partial charge in [-0.1, -0.05) is 6.92 Å². The molecule has 1 aliphatic rings. The number of piperidine rings is 1. The van der Waals surface area contributed by atoms with Gasteiger partial charge in [0.2, 0.25) is 11.8 Å². The SMILES string of the molecule is CCn1cc(NC(=O)C2CCN(C(=O)C(C)(CC)CNC(=O)OC(C)(C)C)CC2)cn1. The molecule has 1 atom stereocenters. The highest BCUT2D eigenvalue weighted by atomic mass is 16.6. The maximum atomic E-state index is 13.2. The van der Waals surface area contributed by atoms with E-state index in [1.54, 1.807) is 42.7 Å². The number of alkyl carbamates (subject to hydrolysis) is 1. The summed E-state index contributed by atoms with van der Waals surface area (Å²) in [7, 11) is 0. The summed E-state index contributed by atoms with van der Waals surface area (Å²) in [6.45, 7) is 13.2. The van der Waals surface area contributed by atoms with Crippen LogP contribution < -0.4 is 10.6 Å². The standard InChI is InChI=1S/C22H37N5O4/c1-7-22(6,15-23-20(30)31-21(3,4)5)19(29)26-11-9-16(10-12-26)18(28)25-17-13-24-27(8-2)14-17/h13-14,16H,7-12,15H2,1-6H3,(H,23,30)(H,25,28). The molecule has 1 unspecified atom stereocenters. The summed E-state index contributed by atoms with van der Waals surface area (Å²) < 4.78 is 7.03. The largest absolute Gasteiger partial charge is 0.444 e. The number of rotatable bonds is 7. The molecule has 0 aliphatic carbocycles. The van der Waals surface area contributed by atoms with Crippen LogP contribution in [0.15, 0.2) is 12.4 Å². The highest BCUT2D eigenvalue weighted by Gasteiger charge is 2.38. The van der Waals surface area contributed by atoms with Gasteiger partial charge in [-0.2, -0.15) is 5.10 Å². The number of aryl methyl sites for hydroxylation is 1. The van der Waals surface area contributed by atoms with Crippen molar-refractivity contribution in [2.75, 3.05) is 25.0 Å². The fraction of sp³-hybridized carbons (Fsp3) is 0.727. The van der Waals surface area contributed by atoms with Gasteiger partial charge >= 0.3 is 6.09 Å². The van der Waals surface area contributed by atoms with E-state index in [4.69, 9.17) is 4.74 Å².